The van der Waals surface area contributed by atoms with Crippen LogP contribution < -0.4 is 10.5 Å². The van der Waals surface area contributed by atoms with E-state index in [4.69, 9.17) is 26.6 Å². The maximum absolute atomic E-state index is 14.1. The predicted octanol–water partition coefficient (Wildman–Crippen LogP) is 3.03. The molecule has 90 valence electrons. The van der Waals surface area contributed by atoms with Crippen molar-refractivity contribution in [2.24, 2.45) is 0 Å². The van der Waals surface area contributed by atoms with Crippen molar-refractivity contribution in [2.45, 2.75) is 6.92 Å². The predicted molar refractivity (Wildman–Crippen MR) is 62.6 cm³/mol. The lowest BCUT2D eigenvalue weighted by molar-refractivity contribution is 0.384. The Labute approximate surface area is 102 Å². The van der Waals surface area contributed by atoms with Gasteiger partial charge in [-0.15, -0.1) is 0 Å². The number of nitrogens with zero attached hydrogens (tertiary/aromatic N) is 1. The molecule has 17 heavy (non-hydrogen) atoms. The highest BCUT2D eigenvalue weighted by atomic mass is 35.5. The van der Waals surface area contributed by atoms with E-state index < -0.39 is 5.82 Å². The van der Waals surface area contributed by atoms with Crippen molar-refractivity contribution in [1.82, 2.24) is 5.16 Å². The quantitative estimate of drug-likeness (QED) is 0.897. The fourth-order valence-corrected chi connectivity index (χ4v) is 1.73. The third kappa shape index (κ3) is 1.93. The molecule has 2 aromatic rings. The number of hydrogen-bond donors (Lipinski definition) is 1. The fourth-order valence-electron chi connectivity index (χ4n) is 1.52. The van der Waals surface area contributed by atoms with Gasteiger partial charge in [0, 0.05) is 6.07 Å². The Hall–Kier alpha value is -1.75. The second-order valence-corrected chi connectivity index (χ2v) is 3.90. The Morgan fingerprint density at radius 2 is 2.18 bits per heavy atom. The lowest BCUT2D eigenvalue weighted by atomic mass is 10.1. The van der Waals surface area contributed by atoms with Crippen LogP contribution in [0.15, 0.2) is 16.7 Å². The molecule has 0 amide bonds. The fraction of sp³-hybridized carbons (Fsp3) is 0.182. The van der Waals surface area contributed by atoms with Crippen LogP contribution in [0, 0.1) is 12.7 Å². The minimum atomic E-state index is -0.598. The first-order valence-electron chi connectivity index (χ1n) is 4.79. The van der Waals surface area contributed by atoms with Gasteiger partial charge in [-0.3, -0.25) is 0 Å². The maximum atomic E-state index is 14.1. The lowest BCUT2D eigenvalue weighted by Crippen LogP contribution is -1.94. The van der Waals surface area contributed by atoms with E-state index in [1.54, 1.807) is 13.0 Å². The molecule has 0 saturated carbocycles. The van der Waals surface area contributed by atoms with Gasteiger partial charge in [-0.1, -0.05) is 16.8 Å². The van der Waals surface area contributed by atoms with Gasteiger partial charge < -0.3 is 15.0 Å². The minimum Gasteiger partial charge on any atom is -0.492 e. The summed E-state index contributed by atoms with van der Waals surface area (Å²) in [5.41, 5.74) is 6.31. The Morgan fingerprint density at radius 1 is 1.47 bits per heavy atom. The van der Waals surface area contributed by atoms with Crippen LogP contribution in [0.2, 0.25) is 5.02 Å². The number of benzene rings is 1. The molecule has 2 N–H and O–H groups in total. The van der Waals surface area contributed by atoms with Gasteiger partial charge in [0.1, 0.15) is 0 Å². The van der Waals surface area contributed by atoms with Gasteiger partial charge in [0.05, 0.1) is 17.7 Å². The average Bonchev–Trinajstić information content (AvgIpc) is 2.71. The molecule has 0 aliphatic rings. The Morgan fingerprint density at radius 3 is 2.71 bits per heavy atom. The molecule has 0 aliphatic heterocycles. The number of halogens is 2. The molecule has 6 heteroatoms. The third-order valence-electron chi connectivity index (χ3n) is 2.34. The van der Waals surface area contributed by atoms with E-state index in [0.29, 0.717) is 5.56 Å². The lowest BCUT2D eigenvalue weighted by Gasteiger charge is -2.09. The normalized spacial score (nSPS) is 10.6. The summed E-state index contributed by atoms with van der Waals surface area (Å²) in [6.07, 6.45) is 0. The van der Waals surface area contributed by atoms with Gasteiger partial charge in [0.15, 0.2) is 23.1 Å². The summed E-state index contributed by atoms with van der Waals surface area (Å²) in [6, 6.07) is 2.99. The van der Waals surface area contributed by atoms with Crippen LogP contribution in [0.25, 0.3) is 11.3 Å². The van der Waals surface area contributed by atoms with Gasteiger partial charge in [-0.25, -0.2) is 4.39 Å². The van der Waals surface area contributed by atoms with Crippen LogP contribution in [0.3, 0.4) is 0 Å². The van der Waals surface area contributed by atoms with Crippen LogP contribution >= 0.6 is 11.6 Å². The average molecular weight is 257 g/mol. The molecule has 0 unspecified atom stereocenters. The van der Waals surface area contributed by atoms with Crippen molar-refractivity contribution in [3.8, 4) is 17.1 Å². The molecule has 0 aliphatic carbocycles. The first kappa shape index (κ1) is 11.7. The smallest absolute Gasteiger partial charge is 0.177 e. The van der Waals surface area contributed by atoms with Gasteiger partial charge in [0.25, 0.3) is 0 Å². The zero-order valence-electron chi connectivity index (χ0n) is 9.25. The van der Waals surface area contributed by atoms with Crippen LogP contribution in [-0.2, 0) is 0 Å². The molecule has 0 saturated heterocycles. The first-order valence-corrected chi connectivity index (χ1v) is 5.17. The topological polar surface area (TPSA) is 61.3 Å². The summed E-state index contributed by atoms with van der Waals surface area (Å²) < 4.78 is 23.9. The van der Waals surface area contributed by atoms with Crippen molar-refractivity contribution in [1.29, 1.82) is 0 Å². The second-order valence-electron chi connectivity index (χ2n) is 3.52. The molecule has 0 bridgehead atoms. The summed E-state index contributed by atoms with van der Waals surface area (Å²) >= 11 is 5.93. The molecule has 0 radical (unpaired) electrons. The molecule has 4 nitrogen and oxygen atoms in total. The molecule has 1 aromatic heterocycles. The highest BCUT2D eigenvalue weighted by Gasteiger charge is 2.19. The zero-order chi connectivity index (χ0) is 12.6. The Kier molecular flexibility index (Phi) is 2.93. The molecule has 0 spiro atoms. The largest absolute Gasteiger partial charge is 0.492 e. The summed E-state index contributed by atoms with van der Waals surface area (Å²) in [6.45, 7) is 1.74. The summed E-state index contributed by atoms with van der Waals surface area (Å²) in [5, 5.41) is 3.74. The molecule has 0 fully saturated rings. The van der Waals surface area contributed by atoms with Crippen LogP contribution in [0.1, 0.15) is 5.56 Å². The van der Waals surface area contributed by atoms with E-state index in [1.165, 1.54) is 13.2 Å². The molecule has 2 rings (SSSR count). The molecule has 0 atom stereocenters. The maximum Gasteiger partial charge on any atom is 0.177 e. The number of nitrogens with two attached hydrogens (primary N) is 1. The van der Waals surface area contributed by atoms with Crippen molar-refractivity contribution in [3.63, 3.8) is 0 Å². The highest BCUT2D eigenvalue weighted by molar-refractivity contribution is 6.33. The van der Waals surface area contributed by atoms with E-state index in [9.17, 15) is 4.39 Å². The van der Waals surface area contributed by atoms with E-state index in [-0.39, 0.29) is 27.9 Å². The molecule has 1 heterocycles. The van der Waals surface area contributed by atoms with Crippen molar-refractivity contribution < 1.29 is 13.7 Å². The zero-order valence-corrected chi connectivity index (χ0v) is 10.0. The number of aryl methyl sites for hydroxylation is 1. The number of methoxy groups -OCH3 is 1. The Bertz CT molecular complexity index is 569. The Balaban J connectivity index is 2.67. The van der Waals surface area contributed by atoms with Crippen LogP contribution in [-0.4, -0.2) is 12.3 Å². The van der Waals surface area contributed by atoms with Gasteiger partial charge in [-0.05, 0) is 18.6 Å². The van der Waals surface area contributed by atoms with Gasteiger partial charge >= 0.3 is 0 Å². The van der Waals surface area contributed by atoms with Gasteiger partial charge in [0.2, 0.25) is 0 Å². The van der Waals surface area contributed by atoms with Crippen molar-refractivity contribution in [3.05, 3.63) is 28.5 Å². The SMILES string of the molecule is COc1c(F)c(-c2cc(N)no2)cc(C)c1Cl. The van der Waals surface area contributed by atoms with Gasteiger partial charge in [-0.2, -0.15) is 0 Å². The number of rotatable bonds is 2. The summed E-state index contributed by atoms with van der Waals surface area (Å²) in [4.78, 5) is 0. The molecular weight excluding hydrogens is 247 g/mol. The summed E-state index contributed by atoms with van der Waals surface area (Å²) in [7, 11) is 1.35. The number of nitrogen functional groups attached to an aromatic ring is 1. The second kappa shape index (κ2) is 4.25. The van der Waals surface area contributed by atoms with Crippen LogP contribution in [0.5, 0.6) is 5.75 Å². The number of anilines is 1. The van der Waals surface area contributed by atoms with Crippen molar-refractivity contribution >= 4 is 17.4 Å². The standard InChI is InChI=1S/C11H10ClFN2O2/c1-5-3-6(7-4-8(14)15-17-7)10(13)11(16-2)9(5)12/h3-4H,1-2H3,(H2,14,15). The number of hydrogen-bond acceptors (Lipinski definition) is 4. The molecule has 1 aromatic carbocycles. The first-order chi connectivity index (χ1) is 8.04. The number of aromatic nitrogens is 1. The van der Waals surface area contributed by atoms with E-state index >= 15 is 0 Å². The minimum absolute atomic E-state index is 0.0170. The van der Waals surface area contributed by atoms with E-state index in [1.807, 2.05) is 0 Å². The summed E-state index contributed by atoms with van der Waals surface area (Å²) in [5.74, 6) is -0.195. The molecular formula is C11H10ClFN2O2. The monoisotopic (exact) mass is 256 g/mol. The van der Waals surface area contributed by atoms with E-state index in [2.05, 4.69) is 5.16 Å². The van der Waals surface area contributed by atoms with Crippen molar-refractivity contribution in [2.75, 3.05) is 12.8 Å². The van der Waals surface area contributed by atoms with Crippen LogP contribution in [0.4, 0.5) is 10.2 Å². The third-order valence-corrected chi connectivity index (χ3v) is 2.81. The highest BCUT2D eigenvalue weighted by Crippen LogP contribution is 2.37. The number of ether oxygens (including phenoxy) is 1. The van der Waals surface area contributed by atoms with E-state index in [0.717, 1.165) is 0 Å².